The van der Waals surface area contributed by atoms with Gasteiger partial charge >= 0.3 is 0 Å². The van der Waals surface area contributed by atoms with Crippen molar-refractivity contribution in [2.45, 2.75) is 32.2 Å². The van der Waals surface area contributed by atoms with E-state index < -0.39 is 11.4 Å². The molecule has 0 bridgehead atoms. The van der Waals surface area contributed by atoms with Crippen molar-refractivity contribution in [3.05, 3.63) is 71.3 Å². The normalized spacial score (nSPS) is 20.6. The van der Waals surface area contributed by atoms with Crippen LogP contribution in [0.2, 0.25) is 5.02 Å². The van der Waals surface area contributed by atoms with Crippen LogP contribution in [0, 0.1) is 0 Å². The molecule has 2 aliphatic rings. The Bertz CT molecular complexity index is 1300. The maximum atomic E-state index is 13.4. The highest BCUT2D eigenvalue weighted by molar-refractivity contribution is 6.37. The molecule has 0 spiro atoms. The number of rotatable bonds is 5. The molecule has 2 unspecified atom stereocenters. The Morgan fingerprint density at radius 2 is 1.87 bits per heavy atom. The molecule has 10 heteroatoms. The summed E-state index contributed by atoms with van der Waals surface area (Å²) in [7, 11) is 0. The standard InChI is InChI=1S/C28H32ClN5O4/c1-5-28(4)17-33(26(35)21-15-22(29)24-23(16-21)37-13-14-38-24)11-12-34(28)27(36)25(30)32-31-19(3)18(2)20-9-7-6-8-10-20/h5-10,15-16,18H,1,11-14,17H2,2-4H3,(H2,30,32)/b31-19-. The number of halogens is 1. The van der Waals surface area contributed by atoms with Crippen LogP contribution in [0.5, 0.6) is 11.5 Å². The molecule has 200 valence electrons. The van der Waals surface area contributed by atoms with E-state index in [-0.39, 0.29) is 30.8 Å². The number of hydrogen-bond donors (Lipinski definition) is 1. The highest BCUT2D eigenvalue weighted by Gasteiger charge is 2.41. The maximum Gasteiger partial charge on any atom is 0.291 e. The summed E-state index contributed by atoms with van der Waals surface area (Å²) in [5.41, 5.74) is 7.40. The monoisotopic (exact) mass is 537 g/mol. The molecule has 2 aliphatic heterocycles. The van der Waals surface area contributed by atoms with E-state index in [9.17, 15) is 9.59 Å². The van der Waals surface area contributed by atoms with E-state index in [4.69, 9.17) is 26.8 Å². The summed E-state index contributed by atoms with van der Waals surface area (Å²) in [6.45, 7) is 11.1. The molecule has 1 saturated heterocycles. The van der Waals surface area contributed by atoms with E-state index >= 15 is 0 Å². The van der Waals surface area contributed by atoms with E-state index in [1.54, 1.807) is 28.0 Å². The van der Waals surface area contributed by atoms with Crippen LogP contribution in [0.15, 0.2) is 65.3 Å². The fourth-order valence-electron chi connectivity index (χ4n) is 4.51. The third-order valence-electron chi connectivity index (χ3n) is 7.00. The maximum absolute atomic E-state index is 13.4. The molecular formula is C28H32ClN5O4. The van der Waals surface area contributed by atoms with Gasteiger partial charge in [0, 0.05) is 36.8 Å². The average molecular weight is 538 g/mol. The van der Waals surface area contributed by atoms with Crippen LogP contribution in [0.1, 0.15) is 42.6 Å². The van der Waals surface area contributed by atoms with Gasteiger partial charge in [0.25, 0.3) is 11.8 Å². The topological polar surface area (TPSA) is 110 Å². The third kappa shape index (κ3) is 5.52. The fourth-order valence-corrected chi connectivity index (χ4v) is 4.77. The van der Waals surface area contributed by atoms with E-state index in [1.165, 1.54) is 0 Å². The Labute approximate surface area is 227 Å². The number of carbonyl (C=O) groups is 2. The minimum Gasteiger partial charge on any atom is -0.486 e. The van der Waals surface area contributed by atoms with Crippen molar-refractivity contribution < 1.29 is 19.1 Å². The van der Waals surface area contributed by atoms with Crippen LogP contribution in [0.25, 0.3) is 0 Å². The zero-order valence-corrected chi connectivity index (χ0v) is 22.6. The molecule has 2 atom stereocenters. The van der Waals surface area contributed by atoms with Crippen molar-refractivity contribution in [1.29, 1.82) is 0 Å². The summed E-state index contributed by atoms with van der Waals surface area (Å²) in [6, 6.07) is 13.1. The zero-order chi connectivity index (χ0) is 27.4. The van der Waals surface area contributed by atoms with Crippen LogP contribution in [-0.2, 0) is 4.79 Å². The van der Waals surface area contributed by atoms with Gasteiger partial charge in [0.1, 0.15) is 13.2 Å². The Morgan fingerprint density at radius 3 is 2.58 bits per heavy atom. The number of amides is 2. The van der Waals surface area contributed by atoms with Gasteiger partial charge in [-0.3, -0.25) is 9.59 Å². The molecule has 4 rings (SSSR count). The molecular weight excluding hydrogens is 506 g/mol. The number of piperazine rings is 1. The molecule has 2 aromatic rings. The van der Waals surface area contributed by atoms with Gasteiger partial charge < -0.3 is 25.0 Å². The molecule has 0 aliphatic carbocycles. The summed E-state index contributed by atoms with van der Waals surface area (Å²) in [6.07, 6.45) is 1.64. The molecule has 9 nitrogen and oxygen atoms in total. The van der Waals surface area contributed by atoms with Crippen LogP contribution in [-0.4, -0.2) is 71.5 Å². The van der Waals surface area contributed by atoms with Gasteiger partial charge in [-0.05, 0) is 31.5 Å². The van der Waals surface area contributed by atoms with Crippen molar-refractivity contribution in [2.24, 2.45) is 15.9 Å². The lowest BCUT2D eigenvalue weighted by Gasteiger charge is -2.47. The SMILES string of the molecule is C=CC1(C)CN(C(=O)c2cc(Cl)c3c(c2)OCCO3)CCN1C(=O)C(N)=N/N=C(/C)C(C)c1ccccc1. The minimum atomic E-state index is -0.876. The highest BCUT2D eigenvalue weighted by Crippen LogP contribution is 2.39. The molecule has 1 fully saturated rings. The fraction of sp³-hybridized carbons (Fsp3) is 0.357. The number of fused-ring (bicyclic) bond motifs is 1. The second-order valence-electron chi connectivity index (χ2n) is 9.59. The van der Waals surface area contributed by atoms with Crippen LogP contribution in [0.4, 0.5) is 0 Å². The van der Waals surface area contributed by atoms with Gasteiger partial charge in [-0.2, -0.15) is 5.10 Å². The van der Waals surface area contributed by atoms with E-state index in [0.29, 0.717) is 41.8 Å². The van der Waals surface area contributed by atoms with Crippen LogP contribution < -0.4 is 15.2 Å². The van der Waals surface area contributed by atoms with Crippen molar-refractivity contribution in [3.63, 3.8) is 0 Å². The van der Waals surface area contributed by atoms with Gasteiger partial charge in [-0.25, -0.2) is 0 Å². The number of hydrogen-bond acceptors (Lipinski definition) is 6. The van der Waals surface area contributed by atoms with Crippen molar-refractivity contribution in [3.8, 4) is 11.5 Å². The first-order valence-electron chi connectivity index (χ1n) is 12.4. The van der Waals surface area contributed by atoms with Gasteiger partial charge in [-0.1, -0.05) is 54.9 Å². The summed E-state index contributed by atoms with van der Waals surface area (Å²) in [5.74, 6) is -0.0342. The quantitative estimate of drug-likeness (QED) is 0.269. The minimum absolute atomic E-state index is 0.0184. The molecule has 38 heavy (non-hydrogen) atoms. The number of ether oxygens (including phenoxy) is 2. The molecule has 2 N–H and O–H groups in total. The van der Waals surface area contributed by atoms with Gasteiger partial charge in [0.2, 0.25) is 5.84 Å². The van der Waals surface area contributed by atoms with E-state index in [1.807, 2.05) is 51.1 Å². The second kappa shape index (κ2) is 11.3. The smallest absolute Gasteiger partial charge is 0.291 e. The number of nitrogens with two attached hydrogens (primary N) is 1. The number of benzene rings is 2. The lowest BCUT2D eigenvalue weighted by atomic mass is 9.95. The molecule has 2 heterocycles. The second-order valence-corrected chi connectivity index (χ2v) is 9.99. The lowest BCUT2D eigenvalue weighted by molar-refractivity contribution is -0.131. The highest BCUT2D eigenvalue weighted by atomic mass is 35.5. The Balaban J connectivity index is 1.48. The largest absolute Gasteiger partial charge is 0.486 e. The summed E-state index contributed by atoms with van der Waals surface area (Å²) in [4.78, 5) is 29.9. The molecule has 0 radical (unpaired) electrons. The molecule has 2 amide bonds. The van der Waals surface area contributed by atoms with Gasteiger partial charge in [-0.15, -0.1) is 11.7 Å². The Morgan fingerprint density at radius 1 is 1.16 bits per heavy atom. The van der Waals surface area contributed by atoms with Gasteiger partial charge in [0.15, 0.2) is 11.5 Å². The first-order valence-corrected chi connectivity index (χ1v) is 12.8. The number of carbonyl (C=O) groups excluding carboxylic acids is 2. The van der Waals surface area contributed by atoms with Gasteiger partial charge in [0.05, 0.1) is 10.6 Å². The van der Waals surface area contributed by atoms with Crippen molar-refractivity contribution in [2.75, 3.05) is 32.8 Å². The lowest BCUT2D eigenvalue weighted by Crippen LogP contribution is -2.64. The predicted molar refractivity (Wildman–Crippen MR) is 148 cm³/mol. The third-order valence-corrected chi connectivity index (χ3v) is 7.28. The first kappa shape index (κ1) is 27.2. The van der Waals surface area contributed by atoms with Crippen LogP contribution in [0.3, 0.4) is 0 Å². The van der Waals surface area contributed by atoms with Crippen molar-refractivity contribution >= 4 is 35.0 Å². The first-order chi connectivity index (χ1) is 18.1. The average Bonchev–Trinajstić information content (AvgIpc) is 2.94. The predicted octanol–water partition coefficient (Wildman–Crippen LogP) is 3.88. The summed E-state index contributed by atoms with van der Waals surface area (Å²) >= 11 is 6.34. The summed E-state index contributed by atoms with van der Waals surface area (Å²) < 4.78 is 11.2. The van der Waals surface area contributed by atoms with E-state index in [2.05, 4.69) is 16.8 Å². The molecule has 0 saturated carbocycles. The van der Waals surface area contributed by atoms with Crippen LogP contribution >= 0.6 is 11.6 Å². The number of amidine groups is 1. The zero-order valence-electron chi connectivity index (χ0n) is 21.8. The summed E-state index contributed by atoms with van der Waals surface area (Å²) in [5, 5.41) is 8.57. The molecule has 2 aromatic carbocycles. The number of nitrogens with zero attached hydrogens (tertiary/aromatic N) is 4. The Kier molecular flexibility index (Phi) is 8.06. The van der Waals surface area contributed by atoms with Crippen molar-refractivity contribution in [1.82, 2.24) is 9.80 Å². The molecule has 0 aromatic heterocycles. The Hall–Kier alpha value is -3.85. The van der Waals surface area contributed by atoms with E-state index in [0.717, 1.165) is 11.3 Å².